The predicted octanol–water partition coefficient (Wildman–Crippen LogP) is 0.807. The van der Waals surface area contributed by atoms with E-state index in [1.165, 1.54) is 19.3 Å². The third-order valence-corrected chi connectivity index (χ3v) is 6.62. The molecule has 0 unspecified atom stereocenters. The Hall–Kier alpha value is -2.46. The molecular formula is C21H34N10. The van der Waals surface area contributed by atoms with Gasteiger partial charge in [0.2, 0.25) is 17.8 Å². The van der Waals surface area contributed by atoms with Crippen LogP contribution in [0, 0.1) is 0 Å². The number of piperazine rings is 1. The lowest BCUT2D eigenvalue weighted by Crippen LogP contribution is -2.45. The molecule has 10 nitrogen and oxygen atoms in total. The first-order valence-electron chi connectivity index (χ1n) is 11.7. The lowest BCUT2D eigenvalue weighted by Gasteiger charge is -2.32. The Morgan fingerprint density at radius 3 is 2.48 bits per heavy atom. The van der Waals surface area contributed by atoms with Crippen LogP contribution in [0.3, 0.4) is 0 Å². The normalized spacial score (nSPS) is 20.7. The summed E-state index contributed by atoms with van der Waals surface area (Å²) in [4.78, 5) is 31.6. The highest BCUT2D eigenvalue weighted by Crippen LogP contribution is 2.24. The van der Waals surface area contributed by atoms with Gasteiger partial charge in [-0.05, 0) is 26.3 Å². The van der Waals surface area contributed by atoms with Crippen LogP contribution in [0.5, 0.6) is 0 Å². The Morgan fingerprint density at radius 2 is 1.68 bits per heavy atom. The molecule has 3 aliphatic rings. The number of rotatable bonds is 6. The van der Waals surface area contributed by atoms with Gasteiger partial charge >= 0.3 is 0 Å². The second-order valence-corrected chi connectivity index (χ2v) is 8.88. The maximum absolute atomic E-state index is 4.88. The van der Waals surface area contributed by atoms with Crippen LogP contribution in [-0.4, -0.2) is 101 Å². The van der Waals surface area contributed by atoms with E-state index in [0.717, 1.165) is 95.2 Å². The number of nitrogens with one attached hydrogen (secondary N) is 2. The van der Waals surface area contributed by atoms with Crippen LogP contribution in [0.1, 0.15) is 30.7 Å². The molecule has 168 valence electrons. The van der Waals surface area contributed by atoms with E-state index in [0.29, 0.717) is 5.95 Å². The van der Waals surface area contributed by atoms with Gasteiger partial charge in [0.05, 0.1) is 24.3 Å². The Kier molecular flexibility index (Phi) is 6.17. The van der Waals surface area contributed by atoms with Crippen molar-refractivity contribution in [1.29, 1.82) is 0 Å². The minimum absolute atomic E-state index is 0.690. The number of fused-ring (bicyclic) bond motifs is 1. The van der Waals surface area contributed by atoms with E-state index in [1.54, 1.807) is 6.33 Å². The van der Waals surface area contributed by atoms with E-state index >= 15 is 0 Å². The molecule has 5 rings (SSSR count). The molecule has 5 heterocycles. The molecule has 0 spiro atoms. The second kappa shape index (κ2) is 9.35. The number of aromatic amines is 1. The molecule has 2 aromatic rings. The molecule has 0 saturated carbocycles. The first kappa shape index (κ1) is 20.4. The highest BCUT2D eigenvalue weighted by molar-refractivity contribution is 5.46. The van der Waals surface area contributed by atoms with Crippen molar-refractivity contribution >= 4 is 17.8 Å². The Balaban J connectivity index is 1.30. The monoisotopic (exact) mass is 426 g/mol. The minimum atomic E-state index is 0.690. The maximum atomic E-state index is 4.88. The zero-order valence-electron chi connectivity index (χ0n) is 18.6. The van der Waals surface area contributed by atoms with E-state index in [-0.39, 0.29) is 0 Å². The predicted molar refractivity (Wildman–Crippen MR) is 122 cm³/mol. The van der Waals surface area contributed by atoms with E-state index in [9.17, 15) is 0 Å². The molecular weight excluding hydrogens is 392 g/mol. The van der Waals surface area contributed by atoms with Crippen molar-refractivity contribution in [3.63, 3.8) is 0 Å². The molecule has 0 aromatic carbocycles. The van der Waals surface area contributed by atoms with Crippen molar-refractivity contribution in [3.8, 4) is 0 Å². The largest absolute Gasteiger partial charge is 0.353 e. The van der Waals surface area contributed by atoms with Crippen molar-refractivity contribution in [2.45, 2.75) is 32.2 Å². The van der Waals surface area contributed by atoms with Crippen molar-refractivity contribution in [1.82, 2.24) is 34.7 Å². The summed E-state index contributed by atoms with van der Waals surface area (Å²) in [6, 6.07) is 0. The van der Waals surface area contributed by atoms with E-state index in [1.807, 2.05) is 0 Å². The first-order valence-corrected chi connectivity index (χ1v) is 11.7. The van der Waals surface area contributed by atoms with Crippen LogP contribution >= 0.6 is 0 Å². The van der Waals surface area contributed by atoms with Crippen LogP contribution in [-0.2, 0) is 13.0 Å². The lowest BCUT2D eigenvalue weighted by molar-refractivity contribution is 0.158. The fraction of sp³-hybridized carbons (Fsp3) is 0.714. The van der Waals surface area contributed by atoms with Gasteiger partial charge < -0.3 is 25.0 Å². The fourth-order valence-corrected chi connectivity index (χ4v) is 4.59. The third kappa shape index (κ3) is 4.90. The lowest BCUT2D eigenvalue weighted by atomic mass is 10.1. The van der Waals surface area contributed by atoms with E-state index in [4.69, 9.17) is 15.0 Å². The molecule has 2 N–H and O–H groups in total. The van der Waals surface area contributed by atoms with Crippen LogP contribution in [0.4, 0.5) is 17.8 Å². The zero-order chi connectivity index (χ0) is 21.0. The molecule has 0 aliphatic carbocycles. The van der Waals surface area contributed by atoms with Crippen molar-refractivity contribution in [2.24, 2.45) is 0 Å². The van der Waals surface area contributed by atoms with Gasteiger partial charge in [0.25, 0.3) is 0 Å². The molecule has 2 fully saturated rings. The molecule has 0 amide bonds. The first-order chi connectivity index (χ1) is 15.2. The molecule has 0 atom stereocenters. The number of anilines is 3. The van der Waals surface area contributed by atoms with Crippen LogP contribution in [0.2, 0.25) is 0 Å². The van der Waals surface area contributed by atoms with Crippen LogP contribution < -0.4 is 15.1 Å². The average molecular weight is 427 g/mol. The molecule has 2 aromatic heterocycles. The third-order valence-electron chi connectivity index (χ3n) is 6.62. The second-order valence-electron chi connectivity index (χ2n) is 8.88. The quantitative estimate of drug-likeness (QED) is 0.696. The highest BCUT2D eigenvalue weighted by atomic mass is 15.4. The number of H-pyrrole nitrogens is 1. The van der Waals surface area contributed by atoms with Gasteiger partial charge in [-0.3, -0.25) is 4.90 Å². The fourth-order valence-electron chi connectivity index (χ4n) is 4.59. The van der Waals surface area contributed by atoms with Gasteiger partial charge in [0.15, 0.2) is 0 Å². The minimum Gasteiger partial charge on any atom is -0.353 e. The number of imidazole rings is 1. The highest BCUT2D eigenvalue weighted by Gasteiger charge is 2.23. The number of piperidine rings is 1. The molecule has 10 heteroatoms. The summed E-state index contributed by atoms with van der Waals surface area (Å²) < 4.78 is 0. The number of hydrogen-bond acceptors (Lipinski definition) is 9. The van der Waals surface area contributed by atoms with Crippen molar-refractivity contribution in [2.75, 3.05) is 81.1 Å². The molecule has 3 aliphatic heterocycles. The Morgan fingerprint density at radius 1 is 0.903 bits per heavy atom. The summed E-state index contributed by atoms with van der Waals surface area (Å²) >= 11 is 0. The van der Waals surface area contributed by atoms with Gasteiger partial charge in [0, 0.05) is 65.3 Å². The summed E-state index contributed by atoms with van der Waals surface area (Å²) in [5.41, 5.74) is 2.32. The standard InChI is InChI=1S/C21H34N10/c1-28-11-13-29(14-12-28)10-6-22-19-25-20(30-7-3-2-4-8-30)27-21(26-19)31-9-5-17-18(15-31)24-16-23-17/h16H,2-15H2,1H3,(H,23,24)(H,22,25,26,27). The molecule has 0 bridgehead atoms. The van der Waals surface area contributed by atoms with Gasteiger partial charge in [-0.2, -0.15) is 15.0 Å². The SMILES string of the molecule is CN1CCN(CCNc2nc(N3CCCCC3)nc(N3CCc4nc[nH]c4C3)n2)CC1. The smallest absolute Gasteiger partial charge is 0.232 e. The summed E-state index contributed by atoms with van der Waals surface area (Å²) in [6.45, 7) is 10.1. The van der Waals surface area contributed by atoms with Gasteiger partial charge in [-0.15, -0.1) is 0 Å². The van der Waals surface area contributed by atoms with Crippen molar-refractivity contribution < 1.29 is 0 Å². The van der Waals surface area contributed by atoms with E-state index < -0.39 is 0 Å². The summed E-state index contributed by atoms with van der Waals surface area (Å²) in [5.74, 6) is 2.26. The molecule has 2 saturated heterocycles. The van der Waals surface area contributed by atoms with Crippen LogP contribution in [0.15, 0.2) is 6.33 Å². The summed E-state index contributed by atoms with van der Waals surface area (Å²) in [6.07, 6.45) is 6.39. The van der Waals surface area contributed by atoms with Gasteiger partial charge in [0.1, 0.15) is 0 Å². The average Bonchev–Trinajstić information content (AvgIpc) is 3.29. The van der Waals surface area contributed by atoms with Gasteiger partial charge in [-0.1, -0.05) is 0 Å². The Labute approximate surface area is 184 Å². The van der Waals surface area contributed by atoms with Gasteiger partial charge in [-0.25, -0.2) is 4.98 Å². The summed E-state index contributed by atoms with van der Waals surface area (Å²) in [7, 11) is 2.19. The summed E-state index contributed by atoms with van der Waals surface area (Å²) in [5, 5.41) is 3.49. The number of likely N-dealkylation sites (N-methyl/N-ethyl adjacent to an activating group) is 1. The molecule has 0 radical (unpaired) electrons. The number of aromatic nitrogens is 5. The zero-order valence-corrected chi connectivity index (χ0v) is 18.6. The Bertz CT molecular complexity index is 854. The van der Waals surface area contributed by atoms with Crippen LogP contribution in [0.25, 0.3) is 0 Å². The number of hydrogen-bond donors (Lipinski definition) is 2. The molecule has 31 heavy (non-hydrogen) atoms. The maximum Gasteiger partial charge on any atom is 0.232 e. The topological polar surface area (TPSA) is 92.3 Å². The van der Waals surface area contributed by atoms with Crippen molar-refractivity contribution in [3.05, 3.63) is 17.7 Å². The number of nitrogens with zero attached hydrogens (tertiary/aromatic N) is 8. The van der Waals surface area contributed by atoms with E-state index in [2.05, 4.69) is 41.9 Å².